The van der Waals surface area contributed by atoms with Gasteiger partial charge in [0.1, 0.15) is 11.8 Å². The summed E-state index contributed by atoms with van der Waals surface area (Å²) in [5.74, 6) is 0.177. The number of nitrogens with one attached hydrogen (secondary N) is 2. The van der Waals surface area contributed by atoms with Gasteiger partial charge in [0.2, 0.25) is 5.91 Å². The number of hydrogen-bond donors (Lipinski definition) is 2. The second kappa shape index (κ2) is 12.7. The smallest absolute Gasteiger partial charge is 0.251 e. The predicted molar refractivity (Wildman–Crippen MR) is 137 cm³/mol. The van der Waals surface area contributed by atoms with Crippen LogP contribution in [-0.2, 0) is 22.6 Å². The maximum atomic E-state index is 13.1. The summed E-state index contributed by atoms with van der Waals surface area (Å²) in [6.07, 6.45) is 0.410. The van der Waals surface area contributed by atoms with Crippen LogP contribution in [0.4, 0.5) is 0 Å². The van der Waals surface area contributed by atoms with Crippen LogP contribution >= 0.6 is 0 Å². The molecule has 2 amide bonds. The van der Waals surface area contributed by atoms with Gasteiger partial charge >= 0.3 is 0 Å². The molecule has 1 aliphatic heterocycles. The molecule has 3 atom stereocenters. The van der Waals surface area contributed by atoms with Gasteiger partial charge < -0.3 is 20.1 Å². The van der Waals surface area contributed by atoms with Gasteiger partial charge in [0.15, 0.2) is 0 Å². The van der Waals surface area contributed by atoms with E-state index < -0.39 is 6.04 Å². The first kappa shape index (κ1) is 26.7. The quantitative estimate of drug-likeness (QED) is 0.540. The molecule has 0 bridgehead atoms. The fourth-order valence-electron chi connectivity index (χ4n) is 4.46. The van der Waals surface area contributed by atoms with Crippen molar-refractivity contribution in [3.63, 3.8) is 0 Å². The number of morpholine rings is 1. The minimum absolute atomic E-state index is 0.0618. The minimum atomic E-state index is -0.637. The Hall–Kier alpha value is -2.90. The van der Waals surface area contributed by atoms with Crippen LogP contribution in [0.3, 0.4) is 0 Å². The van der Waals surface area contributed by atoms with Crippen molar-refractivity contribution in [3.05, 3.63) is 65.2 Å². The summed E-state index contributed by atoms with van der Waals surface area (Å²) in [6, 6.07) is 14.5. The standard InChI is InChI=1S/C28H39N3O4/c1-6-34-25-13-11-22(12-14-25)27(32)30-26(19(2)3)28(33)29-15-23-9-7-8-10-24(23)18-31-16-20(4)35-21(5)17-31/h7-14,19-21,26H,6,15-18H2,1-5H3,(H,29,33)(H,30,32). The molecular weight excluding hydrogens is 442 g/mol. The summed E-state index contributed by atoms with van der Waals surface area (Å²) in [6.45, 7) is 13.5. The summed E-state index contributed by atoms with van der Waals surface area (Å²) in [5, 5.41) is 5.94. The Labute approximate surface area is 209 Å². The number of rotatable bonds is 10. The number of nitrogens with zero attached hydrogens (tertiary/aromatic N) is 1. The molecule has 0 saturated carbocycles. The number of ether oxygens (including phenoxy) is 2. The van der Waals surface area contributed by atoms with Gasteiger partial charge in [-0.3, -0.25) is 14.5 Å². The fourth-order valence-corrected chi connectivity index (χ4v) is 4.46. The molecule has 2 aromatic carbocycles. The van der Waals surface area contributed by atoms with Gasteiger partial charge in [0, 0.05) is 31.7 Å². The van der Waals surface area contributed by atoms with Crippen molar-refractivity contribution in [2.24, 2.45) is 5.92 Å². The molecule has 0 aromatic heterocycles. The largest absolute Gasteiger partial charge is 0.494 e. The topological polar surface area (TPSA) is 79.9 Å². The average Bonchev–Trinajstić information content (AvgIpc) is 2.81. The van der Waals surface area contributed by atoms with Crippen molar-refractivity contribution >= 4 is 11.8 Å². The van der Waals surface area contributed by atoms with Crippen LogP contribution in [0.2, 0.25) is 0 Å². The minimum Gasteiger partial charge on any atom is -0.494 e. The highest BCUT2D eigenvalue weighted by Gasteiger charge is 2.25. The number of hydrogen-bond acceptors (Lipinski definition) is 5. The summed E-state index contributed by atoms with van der Waals surface area (Å²) in [7, 11) is 0. The van der Waals surface area contributed by atoms with Crippen LogP contribution < -0.4 is 15.4 Å². The lowest BCUT2D eigenvalue weighted by Crippen LogP contribution is -2.49. The molecule has 7 nitrogen and oxygen atoms in total. The van der Waals surface area contributed by atoms with Gasteiger partial charge in [-0.1, -0.05) is 38.1 Å². The lowest BCUT2D eigenvalue weighted by molar-refractivity contribution is -0.124. The lowest BCUT2D eigenvalue weighted by Gasteiger charge is -2.35. The Bertz CT molecular complexity index is 966. The van der Waals surface area contributed by atoms with Crippen LogP contribution in [0.15, 0.2) is 48.5 Å². The highest BCUT2D eigenvalue weighted by molar-refractivity contribution is 5.97. The van der Waals surface area contributed by atoms with E-state index in [0.29, 0.717) is 24.5 Å². The number of carbonyl (C=O) groups excluding carboxylic acids is 2. The molecule has 190 valence electrons. The number of amides is 2. The van der Waals surface area contributed by atoms with E-state index in [2.05, 4.69) is 35.4 Å². The van der Waals surface area contributed by atoms with E-state index in [1.807, 2.05) is 39.0 Å². The molecule has 0 aliphatic carbocycles. The molecule has 1 fully saturated rings. The van der Waals surface area contributed by atoms with Crippen LogP contribution in [0.5, 0.6) is 5.75 Å². The van der Waals surface area contributed by atoms with Gasteiger partial charge in [-0.05, 0) is 62.1 Å². The lowest BCUT2D eigenvalue weighted by atomic mass is 10.0. The summed E-state index contributed by atoms with van der Waals surface area (Å²) in [5.41, 5.74) is 2.76. The van der Waals surface area contributed by atoms with Crippen molar-refractivity contribution in [2.75, 3.05) is 19.7 Å². The molecule has 1 heterocycles. The zero-order valence-electron chi connectivity index (χ0n) is 21.5. The fraction of sp³-hybridized carbons (Fsp3) is 0.500. The zero-order chi connectivity index (χ0) is 25.4. The van der Waals surface area contributed by atoms with Crippen LogP contribution in [0.1, 0.15) is 56.1 Å². The Kier molecular flexibility index (Phi) is 9.69. The van der Waals surface area contributed by atoms with Crippen molar-refractivity contribution in [2.45, 2.75) is 66.0 Å². The number of benzene rings is 2. The van der Waals surface area contributed by atoms with E-state index in [1.165, 1.54) is 5.56 Å². The van der Waals surface area contributed by atoms with E-state index in [-0.39, 0.29) is 29.9 Å². The zero-order valence-corrected chi connectivity index (χ0v) is 21.5. The summed E-state index contributed by atoms with van der Waals surface area (Å²) in [4.78, 5) is 28.3. The molecule has 35 heavy (non-hydrogen) atoms. The van der Waals surface area contributed by atoms with E-state index in [4.69, 9.17) is 9.47 Å². The third-order valence-corrected chi connectivity index (χ3v) is 6.12. The third-order valence-electron chi connectivity index (χ3n) is 6.12. The third kappa shape index (κ3) is 7.80. The first-order valence-electron chi connectivity index (χ1n) is 12.5. The maximum Gasteiger partial charge on any atom is 0.251 e. The Morgan fingerprint density at radius 2 is 1.66 bits per heavy atom. The van der Waals surface area contributed by atoms with Gasteiger partial charge in [-0.15, -0.1) is 0 Å². The molecule has 3 rings (SSSR count). The first-order valence-corrected chi connectivity index (χ1v) is 12.5. The van der Waals surface area contributed by atoms with Gasteiger partial charge in [-0.2, -0.15) is 0 Å². The molecule has 1 saturated heterocycles. The van der Waals surface area contributed by atoms with E-state index in [1.54, 1.807) is 24.3 Å². The predicted octanol–water partition coefficient (Wildman–Crippen LogP) is 3.77. The van der Waals surface area contributed by atoms with Gasteiger partial charge in [0.05, 0.1) is 18.8 Å². The van der Waals surface area contributed by atoms with Crippen LogP contribution in [0, 0.1) is 5.92 Å². The monoisotopic (exact) mass is 481 g/mol. The molecule has 0 spiro atoms. The van der Waals surface area contributed by atoms with Gasteiger partial charge in [-0.25, -0.2) is 0 Å². The molecule has 1 aliphatic rings. The van der Waals surface area contributed by atoms with Gasteiger partial charge in [0.25, 0.3) is 5.91 Å². The first-order chi connectivity index (χ1) is 16.8. The molecule has 2 N–H and O–H groups in total. The second-order valence-corrected chi connectivity index (χ2v) is 9.59. The Morgan fingerprint density at radius 3 is 2.26 bits per heavy atom. The van der Waals surface area contributed by atoms with Crippen molar-refractivity contribution in [3.8, 4) is 5.75 Å². The second-order valence-electron chi connectivity index (χ2n) is 9.59. The average molecular weight is 482 g/mol. The Morgan fingerprint density at radius 1 is 1.03 bits per heavy atom. The van der Waals surface area contributed by atoms with Crippen molar-refractivity contribution < 1.29 is 19.1 Å². The number of carbonyl (C=O) groups is 2. The van der Waals surface area contributed by atoms with Crippen molar-refractivity contribution in [1.82, 2.24) is 15.5 Å². The Balaban J connectivity index is 1.61. The highest BCUT2D eigenvalue weighted by Crippen LogP contribution is 2.17. The summed E-state index contributed by atoms with van der Waals surface area (Å²) >= 11 is 0. The van der Waals surface area contributed by atoms with Crippen molar-refractivity contribution in [1.29, 1.82) is 0 Å². The SMILES string of the molecule is CCOc1ccc(C(=O)NC(C(=O)NCc2ccccc2CN2CC(C)OC(C)C2)C(C)C)cc1. The van der Waals surface area contributed by atoms with Crippen LogP contribution in [0.25, 0.3) is 0 Å². The summed E-state index contributed by atoms with van der Waals surface area (Å²) < 4.78 is 11.3. The maximum absolute atomic E-state index is 13.1. The highest BCUT2D eigenvalue weighted by atomic mass is 16.5. The molecular formula is C28H39N3O4. The van der Waals surface area contributed by atoms with E-state index >= 15 is 0 Å². The van der Waals surface area contributed by atoms with Crippen LogP contribution in [-0.4, -0.2) is 54.7 Å². The van der Waals surface area contributed by atoms with E-state index in [9.17, 15) is 9.59 Å². The molecule has 2 aromatic rings. The molecule has 7 heteroatoms. The van der Waals surface area contributed by atoms with E-state index in [0.717, 1.165) is 25.2 Å². The molecule has 0 radical (unpaired) electrons. The normalized spacial score (nSPS) is 19.3. The molecule has 3 unspecified atom stereocenters.